The van der Waals surface area contributed by atoms with Crippen LogP contribution in [0.2, 0.25) is 0 Å². The van der Waals surface area contributed by atoms with Crippen molar-refractivity contribution in [3.05, 3.63) is 43.6 Å². The molecule has 3 rings (SSSR count). The Morgan fingerprint density at radius 2 is 2.13 bits per heavy atom. The molecule has 0 radical (unpaired) electrons. The van der Waals surface area contributed by atoms with Gasteiger partial charge < -0.3 is 21.7 Å². The van der Waals surface area contributed by atoms with Crippen LogP contribution in [0, 0.1) is 14.8 Å². The number of benzene rings is 1. The van der Waals surface area contributed by atoms with Crippen LogP contribution in [0.15, 0.2) is 18.2 Å². The van der Waals surface area contributed by atoms with Crippen LogP contribution in [0.4, 0.5) is 15.1 Å². The number of fused-ring (bicyclic) bond motifs is 1. The third kappa shape index (κ3) is 5.30. The molecule has 0 saturated heterocycles. The Morgan fingerprint density at radius 3 is 2.83 bits per heavy atom. The van der Waals surface area contributed by atoms with Crippen LogP contribution in [0.1, 0.15) is 52.3 Å². The van der Waals surface area contributed by atoms with Crippen molar-refractivity contribution >= 4 is 56.4 Å². The number of unbranched alkanes of at least 4 members (excludes halogenated alkanes) is 1. The van der Waals surface area contributed by atoms with E-state index in [-0.39, 0.29) is 22.9 Å². The van der Waals surface area contributed by atoms with E-state index < -0.39 is 5.82 Å². The molecule has 1 aromatic heterocycles. The summed E-state index contributed by atoms with van der Waals surface area (Å²) in [7, 11) is 0. The third-order valence-corrected chi connectivity index (χ3v) is 6.74. The number of anilines is 2. The Balaban J connectivity index is 2.01. The summed E-state index contributed by atoms with van der Waals surface area (Å²) in [5.41, 5.74) is 6.72. The van der Waals surface area contributed by atoms with Gasteiger partial charge in [-0.3, -0.25) is 9.59 Å². The molecule has 1 aromatic carbocycles. The third-order valence-electron chi connectivity index (χ3n) is 4.92. The second-order valence-electron chi connectivity index (χ2n) is 8.14. The zero-order chi connectivity index (χ0) is 21.9. The highest BCUT2D eigenvalue weighted by molar-refractivity contribution is 14.1. The standard InChI is InChI=1S/C21H26FIN4O2S/c1-21(2)10-13-16(18(28)25-8-4-3-7-24)20(30-17(13)19(29)26-11-21)27-15-6-5-12(23)9-14(15)22/h5-6,9,27H,3-4,7-8,10-11,24H2,1-2H3,(H,25,28)(H,26,29). The molecule has 0 spiro atoms. The second kappa shape index (κ2) is 9.61. The predicted octanol–water partition coefficient (Wildman–Crippen LogP) is 4.02. The molecule has 0 saturated carbocycles. The van der Waals surface area contributed by atoms with Gasteiger partial charge in [0, 0.05) is 16.7 Å². The maximum Gasteiger partial charge on any atom is 0.261 e. The SMILES string of the molecule is CC1(C)CNC(=O)c2sc(Nc3ccc(I)cc3F)c(C(=O)NCCCCN)c2C1. The zero-order valence-electron chi connectivity index (χ0n) is 17.0. The average Bonchev–Trinajstić information content (AvgIpc) is 2.97. The molecular weight excluding hydrogens is 518 g/mol. The first-order chi connectivity index (χ1) is 14.2. The van der Waals surface area contributed by atoms with Crippen LogP contribution < -0.4 is 21.7 Å². The van der Waals surface area contributed by atoms with Gasteiger partial charge >= 0.3 is 0 Å². The fourth-order valence-corrected chi connectivity index (χ4v) is 4.96. The van der Waals surface area contributed by atoms with Crippen LogP contribution in [0.3, 0.4) is 0 Å². The number of halogens is 2. The number of hydrogen-bond donors (Lipinski definition) is 4. The molecule has 162 valence electrons. The summed E-state index contributed by atoms with van der Waals surface area (Å²) in [6.07, 6.45) is 2.16. The number of rotatable bonds is 7. The molecule has 0 atom stereocenters. The lowest BCUT2D eigenvalue weighted by Gasteiger charge is -2.22. The van der Waals surface area contributed by atoms with Gasteiger partial charge in [-0.1, -0.05) is 13.8 Å². The summed E-state index contributed by atoms with van der Waals surface area (Å²) in [5.74, 6) is -0.873. The molecular formula is C21H26FIN4O2S. The maximum atomic E-state index is 14.5. The van der Waals surface area contributed by atoms with Crippen molar-refractivity contribution in [1.82, 2.24) is 10.6 Å². The minimum Gasteiger partial charge on any atom is -0.352 e. The first-order valence-electron chi connectivity index (χ1n) is 9.86. The van der Waals surface area contributed by atoms with E-state index in [1.807, 2.05) is 22.6 Å². The van der Waals surface area contributed by atoms with Gasteiger partial charge in [0.25, 0.3) is 11.8 Å². The van der Waals surface area contributed by atoms with Crippen LogP contribution in [0.5, 0.6) is 0 Å². The molecule has 30 heavy (non-hydrogen) atoms. The smallest absolute Gasteiger partial charge is 0.261 e. The van der Waals surface area contributed by atoms with Gasteiger partial charge in [0.05, 0.1) is 16.1 Å². The van der Waals surface area contributed by atoms with E-state index in [4.69, 9.17) is 5.73 Å². The topological polar surface area (TPSA) is 96.2 Å². The van der Waals surface area contributed by atoms with Gasteiger partial charge in [0.1, 0.15) is 10.8 Å². The summed E-state index contributed by atoms with van der Waals surface area (Å²) >= 11 is 3.23. The van der Waals surface area contributed by atoms with Crippen LogP contribution >= 0.6 is 33.9 Å². The first-order valence-corrected chi connectivity index (χ1v) is 11.8. The van der Waals surface area contributed by atoms with E-state index in [1.165, 1.54) is 17.4 Å². The van der Waals surface area contributed by atoms with Crippen molar-refractivity contribution in [2.75, 3.05) is 25.0 Å². The molecule has 2 amide bonds. The summed E-state index contributed by atoms with van der Waals surface area (Å²) in [6, 6.07) is 4.84. The number of carbonyl (C=O) groups is 2. The number of carbonyl (C=O) groups excluding carboxylic acids is 2. The Kier molecular flexibility index (Phi) is 7.35. The van der Waals surface area contributed by atoms with Gasteiger partial charge in [0.2, 0.25) is 0 Å². The Morgan fingerprint density at radius 1 is 1.37 bits per heavy atom. The second-order valence-corrected chi connectivity index (χ2v) is 10.4. The van der Waals surface area contributed by atoms with Crippen molar-refractivity contribution in [2.24, 2.45) is 11.1 Å². The van der Waals surface area contributed by atoms with Crippen molar-refractivity contribution < 1.29 is 14.0 Å². The van der Waals surface area contributed by atoms with Crippen LogP contribution in [-0.2, 0) is 6.42 Å². The highest BCUT2D eigenvalue weighted by Crippen LogP contribution is 2.40. The van der Waals surface area contributed by atoms with Gasteiger partial charge in [-0.25, -0.2) is 4.39 Å². The van der Waals surface area contributed by atoms with E-state index in [9.17, 15) is 14.0 Å². The van der Waals surface area contributed by atoms with Gasteiger partial charge in [-0.2, -0.15) is 0 Å². The van der Waals surface area contributed by atoms with Crippen molar-refractivity contribution in [2.45, 2.75) is 33.1 Å². The summed E-state index contributed by atoms with van der Waals surface area (Å²) in [4.78, 5) is 26.3. The molecule has 6 nitrogen and oxygen atoms in total. The summed E-state index contributed by atoms with van der Waals surface area (Å²) < 4.78 is 15.2. The van der Waals surface area contributed by atoms with E-state index in [2.05, 4.69) is 29.8 Å². The number of amides is 2. The monoisotopic (exact) mass is 544 g/mol. The lowest BCUT2D eigenvalue weighted by Crippen LogP contribution is -2.31. The minimum atomic E-state index is -0.412. The normalized spacial score (nSPS) is 15.2. The molecule has 0 unspecified atom stereocenters. The largest absolute Gasteiger partial charge is 0.352 e. The van der Waals surface area contributed by atoms with Crippen molar-refractivity contribution in [1.29, 1.82) is 0 Å². The highest BCUT2D eigenvalue weighted by atomic mass is 127. The highest BCUT2D eigenvalue weighted by Gasteiger charge is 2.34. The summed E-state index contributed by atoms with van der Waals surface area (Å²) in [6.45, 7) is 5.69. The molecule has 5 N–H and O–H groups in total. The molecule has 9 heteroatoms. The predicted molar refractivity (Wildman–Crippen MR) is 127 cm³/mol. The van der Waals surface area contributed by atoms with E-state index in [0.717, 1.165) is 16.4 Å². The maximum absolute atomic E-state index is 14.5. The van der Waals surface area contributed by atoms with Gasteiger partial charge in [0.15, 0.2) is 0 Å². The Labute approximate surface area is 193 Å². The molecule has 0 bridgehead atoms. The average molecular weight is 544 g/mol. The number of nitrogens with two attached hydrogens (primary N) is 1. The number of nitrogens with one attached hydrogen (secondary N) is 3. The fraction of sp³-hybridized carbons (Fsp3) is 0.429. The van der Waals surface area contributed by atoms with Crippen molar-refractivity contribution in [3.8, 4) is 0 Å². The van der Waals surface area contributed by atoms with Crippen molar-refractivity contribution in [3.63, 3.8) is 0 Å². The summed E-state index contributed by atoms with van der Waals surface area (Å²) in [5, 5.41) is 9.40. The van der Waals surface area contributed by atoms with Crippen LogP contribution in [-0.4, -0.2) is 31.4 Å². The lowest BCUT2D eigenvalue weighted by molar-refractivity contribution is 0.0945. The molecule has 1 aliphatic heterocycles. The quantitative estimate of drug-likeness (QED) is 0.313. The van der Waals surface area contributed by atoms with E-state index in [1.54, 1.807) is 12.1 Å². The molecule has 2 heterocycles. The molecule has 1 aliphatic rings. The van der Waals surface area contributed by atoms with E-state index >= 15 is 0 Å². The lowest BCUT2D eigenvalue weighted by atomic mass is 9.85. The minimum absolute atomic E-state index is 0.200. The fourth-order valence-electron chi connectivity index (χ4n) is 3.36. The number of hydrogen-bond acceptors (Lipinski definition) is 5. The van der Waals surface area contributed by atoms with Crippen LogP contribution in [0.25, 0.3) is 0 Å². The Hall–Kier alpha value is -1.72. The molecule has 0 aliphatic carbocycles. The zero-order valence-corrected chi connectivity index (χ0v) is 20.0. The molecule has 2 aromatic rings. The first kappa shape index (κ1) is 23.0. The van der Waals surface area contributed by atoms with E-state index in [0.29, 0.717) is 47.1 Å². The van der Waals surface area contributed by atoms with Gasteiger partial charge in [-0.15, -0.1) is 11.3 Å². The van der Waals surface area contributed by atoms with Gasteiger partial charge in [-0.05, 0) is 77.6 Å². The Bertz CT molecular complexity index is 961. The number of thiophene rings is 1. The molecule has 0 fully saturated rings.